The number of rotatable bonds is 6. The number of para-hydroxylation sites is 2. The van der Waals surface area contributed by atoms with Gasteiger partial charge in [-0.1, -0.05) is 30.3 Å². The monoisotopic (exact) mass is 375 g/mol. The van der Waals surface area contributed by atoms with E-state index in [0.29, 0.717) is 29.6 Å². The van der Waals surface area contributed by atoms with Crippen molar-refractivity contribution in [3.05, 3.63) is 76.5 Å². The summed E-state index contributed by atoms with van der Waals surface area (Å²) in [5.74, 6) is 0.0526. The predicted octanol–water partition coefficient (Wildman–Crippen LogP) is 4.03. The Morgan fingerprint density at radius 1 is 1.11 bits per heavy atom. The van der Waals surface area contributed by atoms with Crippen LogP contribution in [0.5, 0.6) is 0 Å². The normalized spacial score (nSPS) is 12.3. The van der Waals surface area contributed by atoms with Gasteiger partial charge in [0.15, 0.2) is 11.9 Å². The number of fused-ring (bicyclic) bond motifs is 2. The molecule has 0 aliphatic heterocycles. The van der Waals surface area contributed by atoms with Gasteiger partial charge < -0.3 is 14.7 Å². The maximum atomic E-state index is 12.2. The van der Waals surface area contributed by atoms with Crippen molar-refractivity contribution >= 4 is 27.8 Å². The summed E-state index contributed by atoms with van der Waals surface area (Å²) in [5, 5.41) is 1.70. The summed E-state index contributed by atoms with van der Waals surface area (Å²) in [6.45, 7) is 1.71. The first-order chi connectivity index (χ1) is 13.6. The highest BCUT2D eigenvalue weighted by Gasteiger charge is 2.15. The first-order valence-electron chi connectivity index (χ1n) is 9.35. The van der Waals surface area contributed by atoms with Crippen LogP contribution in [0.25, 0.3) is 21.8 Å². The number of ether oxygens (including phenoxy) is 1. The maximum absolute atomic E-state index is 12.2. The Kier molecular flexibility index (Phi) is 4.93. The second-order valence-corrected chi connectivity index (χ2v) is 6.81. The molecule has 4 aromatic rings. The van der Waals surface area contributed by atoms with Crippen LogP contribution in [0, 0.1) is 0 Å². The Morgan fingerprint density at radius 3 is 2.71 bits per heavy atom. The summed E-state index contributed by atoms with van der Waals surface area (Å²) in [6, 6.07) is 15.2. The summed E-state index contributed by atoms with van der Waals surface area (Å²) >= 11 is 0. The van der Waals surface area contributed by atoms with Crippen LogP contribution in [0.3, 0.4) is 0 Å². The Balaban J connectivity index is 1.36. The van der Waals surface area contributed by atoms with E-state index < -0.39 is 6.10 Å². The lowest BCUT2D eigenvalue weighted by atomic mass is 10.1. The smallest absolute Gasteiger partial charge is 0.306 e. The van der Waals surface area contributed by atoms with Gasteiger partial charge in [-0.2, -0.15) is 0 Å². The quantitative estimate of drug-likeness (QED) is 0.498. The van der Waals surface area contributed by atoms with Gasteiger partial charge >= 0.3 is 5.97 Å². The van der Waals surface area contributed by atoms with Crippen LogP contribution in [0.15, 0.2) is 59.5 Å². The second-order valence-electron chi connectivity index (χ2n) is 6.81. The lowest BCUT2D eigenvalue weighted by Crippen LogP contribution is -2.17. The number of aryl methyl sites for hydroxylation is 1. The molecule has 0 aliphatic carbocycles. The molecule has 2 aromatic carbocycles. The number of hydrogen-bond acceptors (Lipinski definition) is 4. The Labute approximate surface area is 161 Å². The number of esters is 1. The molecule has 142 valence electrons. The molecule has 0 aliphatic rings. The zero-order valence-corrected chi connectivity index (χ0v) is 15.6. The minimum Gasteiger partial charge on any atom is -0.454 e. The fourth-order valence-electron chi connectivity index (χ4n) is 3.37. The summed E-state index contributed by atoms with van der Waals surface area (Å²) in [7, 11) is 0. The van der Waals surface area contributed by atoms with Gasteiger partial charge in [0.2, 0.25) is 0 Å². The van der Waals surface area contributed by atoms with E-state index in [1.807, 2.05) is 30.5 Å². The third-order valence-electron chi connectivity index (χ3n) is 4.83. The van der Waals surface area contributed by atoms with Crippen LogP contribution in [-0.4, -0.2) is 20.9 Å². The topological polar surface area (TPSA) is 87.8 Å². The third-order valence-corrected chi connectivity index (χ3v) is 4.83. The maximum Gasteiger partial charge on any atom is 0.306 e. The van der Waals surface area contributed by atoms with E-state index >= 15 is 0 Å². The molecule has 2 heterocycles. The molecule has 2 N–H and O–H groups in total. The SMILES string of the molecule is C[C@H](OC(=O)CCCc1c[nH]c2ccccc12)c1nc2ccccc2c(=O)[nH]1. The molecule has 0 bridgehead atoms. The van der Waals surface area contributed by atoms with Gasteiger partial charge in [-0.3, -0.25) is 9.59 Å². The average Bonchev–Trinajstić information content (AvgIpc) is 3.11. The number of nitrogens with zero attached hydrogens (tertiary/aromatic N) is 1. The number of aromatic amines is 2. The van der Waals surface area contributed by atoms with Crippen LogP contribution in [-0.2, 0) is 16.0 Å². The molecule has 0 fully saturated rings. The molecule has 2 aromatic heterocycles. The van der Waals surface area contributed by atoms with E-state index in [0.717, 1.165) is 11.9 Å². The number of hydrogen-bond donors (Lipinski definition) is 2. The molecule has 6 heteroatoms. The van der Waals surface area contributed by atoms with E-state index in [1.165, 1.54) is 10.9 Å². The fraction of sp³-hybridized carbons (Fsp3) is 0.227. The number of aromatic nitrogens is 3. The second kappa shape index (κ2) is 7.68. The van der Waals surface area contributed by atoms with E-state index in [2.05, 4.69) is 21.0 Å². The predicted molar refractivity (Wildman–Crippen MR) is 108 cm³/mol. The van der Waals surface area contributed by atoms with Gasteiger partial charge in [0, 0.05) is 23.5 Å². The third kappa shape index (κ3) is 3.67. The van der Waals surface area contributed by atoms with E-state index in [9.17, 15) is 9.59 Å². The van der Waals surface area contributed by atoms with Gasteiger partial charge in [0.1, 0.15) is 0 Å². The van der Waals surface area contributed by atoms with E-state index in [-0.39, 0.29) is 11.5 Å². The fourth-order valence-corrected chi connectivity index (χ4v) is 3.37. The number of H-pyrrole nitrogens is 2. The summed E-state index contributed by atoms with van der Waals surface area (Å²) in [6.07, 6.45) is 3.16. The zero-order valence-electron chi connectivity index (χ0n) is 15.6. The van der Waals surface area contributed by atoms with Gasteiger partial charge in [-0.25, -0.2) is 4.98 Å². The van der Waals surface area contributed by atoms with Crippen LogP contribution in [0.4, 0.5) is 0 Å². The number of carbonyl (C=O) groups is 1. The molecule has 0 radical (unpaired) electrons. The van der Waals surface area contributed by atoms with Gasteiger partial charge in [-0.05, 0) is 43.5 Å². The highest BCUT2D eigenvalue weighted by Crippen LogP contribution is 2.20. The molecule has 0 amide bonds. The first kappa shape index (κ1) is 18.0. The van der Waals surface area contributed by atoms with Gasteiger partial charge in [-0.15, -0.1) is 0 Å². The standard InChI is InChI=1S/C22H21N3O3/c1-14(21-24-19-11-5-3-9-17(19)22(27)25-21)28-20(26)12-6-7-15-13-23-18-10-4-2-8-16(15)18/h2-5,8-11,13-14,23H,6-7,12H2,1H3,(H,24,25,27)/t14-/m0/s1. The van der Waals surface area contributed by atoms with Crippen molar-refractivity contribution in [1.29, 1.82) is 0 Å². The van der Waals surface area contributed by atoms with Crippen molar-refractivity contribution in [2.45, 2.75) is 32.3 Å². The van der Waals surface area contributed by atoms with Crippen molar-refractivity contribution in [3.63, 3.8) is 0 Å². The van der Waals surface area contributed by atoms with Crippen molar-refractivity contribution in [2.24, 2.45) is 0 Å². The number of carbonyl (C=O) groups excluding carboxylic acids is 1. The van der Waals surface area contributed by atoms with Crippen molar-refractivity contribution in [3.8, 4) is 0 Å². The first-order valence-corrected chi connectivity index (χ1v) is 9.35. The molecule has 0 saturated heterocycles. The van der Waals surface area contributed by atoms with Crippen molar-refractivity contribution < 1.29 is 9.53 Å². The lowest BCUT2D eigenvalue weighted by Gasteiger charge is -2.13. The van der Waals surface area contributed by atoms with Gasteiger partial charge in [0.05, 0.1) is 10.9 Å². The molecule has 0 spiro atoms. The minimum absolute atomic E-state index is 0.233. The lowest BCUT2D eigenvalue weighted by molar-refractivity contribution is -0.149. The highest BCUT2D eigenvalue weighted by atomic mass is 16.5. The summed E-state index contributed by atoms with van der Waals surface area (Å²) in [4.78, 5) is 34.7. The Hall–Kier alpha value is -3.41. The number of benzene rings is 2. The van der Waals surface area contributed by atoms with Crippen LogP contribution >= 0.6 is 0 Å². The summed E-state index contributed by atoms with van der Waals surface area (Å²) < 4.78 is 5.47. The molecule has 6 nitrogen and oxygen atoms in total. The summed E-state index contributed by atoms with van der Waals surface area (Å²) in [5.41, 5.74) is 2.64. The molecule has 4 rings (SSSR count). The molecular weight excluding hydrogens is 354 g/mol. The minimum atomic E-state index is -0.613. The Morgan fingerprint density at radius 2 is 1.86 bits per heavy atom. The molecule has 1 atom stereocenters. The molecule has 0 unspecified atom stereocenters. The average molecular weight is 375 g/mol. The van der Waals surface area contributed by atoms with Crippen molar-refractivity contribution in [2.75, 3.05) is 0 Å². The van der Waals surface area contributed by atoms with Crippen LogP contribution < -0.4 is 5.56 Å². The van der Waals surface area contributed by atoms with Crippen LogP contribution in [0.1, 0.15) is 37.3 Å². The van der Waals surface area contributed by atoms with Gasteiger partial charge in [0.25, 0.3) is 5.56 Å². The number of nitrogens with one attached hydrogen (secondary N) is 2. The molecule has 28 heavy (non-hydrogen) atoms. The van der Waals surface area contributed by atoms with Crippen molar-refractivity contribution in [1.82, 2.24) is 15.0 Å². The van der Waals surface area contributed by atoms with E-state index in [1.54, 1.807) is 25.1 Å². The Bertz CT molecular complexity index is 1190. The molecule has 0 saturated carbocycles. The van der Waals surface area contributed by atoms with E-state index in [4.69, 9.17) is 4.74 Å². The molecular formula is C22H21N3O3. The zero-order chi connectivity index (χ0) is 19.5. The largest absolute Gasteiger partial charge is 0.454 e. The van der Waals surface area contributed by atoms with Crippen LogP contribution in [0.2, 0.25) is 0 Å². The highest BCUT2D eigenvalue weighted by molar-refractivity contribution is 5.83.